The average molecular weight is 427 g/mol. The van der Waals surface area contributed by atoms with E-state index in [1.54, 1.807) is 16.7 Å². The summed E-state index contributed by atoms with van der Waals surface area (Å²) in [5, 5.41) is 0.111. The van der Waals surface area contributed by atoms with Crippen LogP contribution in [0.15, 0.2) is 60.7 Å². The van der Waals surface area contributed by atoms with Crippen LogP contribution in [0, 0.1) is 0 Å². The van der Waals surface area contributed by atoms with Crippen LogP contribution in [0.1, 0.15) is 37.1 Å². The summed E-state index contributed by atoms with van der Waals surface area (Å²) in [6.45, 7) is 7.67. The van der Waals surface area contributed by atoms with Gasteiger partial charge in [-0.25, -0.2) is 4.79 Å². The van der Waals surface area contributed by atoms with Gasteiger partial charge >= 0.3 is 6.09 Å². The van der Waals surface area contributed by atoms with E-state index >= 15 is 0 Å². The Hall–Kier alpha value is -2.47. The Morgan fingerprint density at radius 1 is 0.867 bits per heavy atom. The molecule has 0 radical (unpaired) electrons. The molecule has 2 aromatic rings. The number of hydrogen-bond donors (Lipinski definition) is 0. The highest BCUT2D eigenvalue weighted by molar-refractivity contribution is 8.00. The van der Waals surface area contributed by atoms with Gasteiger partial charge in [-0.15, -0.1) is 11.8 Å². The van der Waals surface area contributed by atoms with Gasteiger partial charge in [0, 0.05) is 26.2 Å². The minimum absolute atomic E-state index is 0.111. The first-order valence-corrected chi connectivity index (χ1v) is 11.4. The number of piperazine rings is 1. The largest absolute Gasteiger partial charge is 0.444 e. The number of carbonyl (C=O) groups excluding carboxylic acids is 2. The lowest BCUT2D eigenvalue weighted by Crippen LogP contribution is -2.52. The van der Waals surface area contributed by atoms with Crippen LogP contribution in [0.4, 0.5) is 4.79 Å². The Morgan fingerprint density at radius 2 is 1.33 bits per heavy atom. The zero-order chi connectivity index (χ0) is 21.6. The summed E-state index contributed by atoms with van der Waals surface area (Å²) >= 11 is 1.65. The molecular formula is C24H30N2O3S. The molecule has 1 aliphatic rings. The maximum absolute atomic E-state index is 12.8. The maximum Gasteiger partial charge on any atom is 0.410 e. The van der Waals surface area contributed by atoms with Crippen molar-refractivity contribution in [3.05, 3.63) is 71.8 Å². The first kappa shape index (κ1) is 22.2. The second kappa shape index (κ2) is 10.0. The molecule has 2 aromatic carbocycles. The first-order valence-electron chi connectivity index (χ1n) is 10.3. The van der Waals surface area contributed by atoms with Crippen molar-refractivity contribution in [2.75, 3.05) is 31.9 Å². The fraction of sp³-hybridized carbons (Fsp3) is 0.417. The van der Waals surface area contributed by atoms with Crippen LogP contribution in [0.3, 0.4) is 0 Å². The van der Waals surface area contributed by atoms with E-state index in [4.69, 9.17) is 4.74 Å². The van der Waals surface area contributed by atoms with E-state index in [-0.39, 0.29) is 17.3 Å². The lowest BCUT2D eigenvalue weighted by Gasteiger charge is -2.35. The highest BCUT2D eigenvalue weighted by Crippen LogP contribution is 2.35. The molecule has 160 valence electrons. The molecule has 3 rings (SSSR count). The molecule has 0 saturated carbocycles. The zero-order valence-electron chi connectivity index (χ0n) is 17.9. The summed E-state index contributed by atoms with van der Waals surface area (Å²) in [4.78, 5) is 28.6. The van der Waals surface area contributed by atoms with Crippen molar-refractivity contribution in [2.45, 2.75) is 31.6 Å². The molecule has 6 heteroatoms. The predicted octanol–water partition coefficient (Wildman–Crippen LogP) is 4.59. The lowest BCUT2D eigenvalue weighted by molar-refractivity contribution is -0.130. The standard InChI is InChI=1S/C24H30N2O3S/c1-24(2,3)29-23(28)26-16-14-25(15-17-26)21(27)18-30-22(19-10-6-4-7-11-19)20-12-8-5-9-13-20/h4-13,22H,14-18H2,1-3H3. The Kier molecular flexibility index (Phi) is 7.43. The third kappa shape index (κ3) is 6.26. The lowest BCUT2D eigenvalue weighted by atomic mass is 10.0. The van der Waals surface area contributed by atoms with Crippen LogP contribution in [-0.2, 0) is 9.53 Å². The number of rotatable bonds is 5. The van der Waals surface area contributed by atoms with Crippen LogP contribution in [0.25, 0.3) is 0 Å². The van der Waals surface area contributed by atoms with Crippen LogP contribution in [0.5, 0.6) is 0 Å². The molecule has 5 nitrogen and oxygen atoms in total. The fourth-order valence-corrected chi connectivity index (χ4v) is 4.54. The molecule has 0 spiro atoms. The van der Waals surface area contributed by atoms with Crippen molar-refractivity contribution in [1.82, 2.24) is 9.80 Å². The van der Waals surface area contributed by atoms with Crippen LogP contribution < -0.4 is 0 Å². The van der Waals surface area contributed by atoms with Gasteiger partial charge in [0.05, 0.1) is 11.0 Å². The zero-order valence-corrected chi connectivity index (χ0v) is 18.7. The van der Waals surface area contributed by atoms with Gasteiger partial charge < -0.3 is 14.5 Å². The van der Waals surface area contributed by atoms with Gasteiger partial charge in [-0.2, -0.15) is 0 Å². The van der Waals surface area contributed by atoms with Crippen molar-refractivity contribution in [3.63, 3.8) is 0 Å². The third-order valence-electron chi connectivity index (χ3n) is 4.86. The van der Waals surface area contributed by atoms with Crippen LogP contribution in [-0.4, -0.2) is 59.3 Å². The SMILES string of the molecule is CC(C)(C)OC(=O)N1CCN(C(=O)CSC(c2ccccc2)c2ccccc2)CC1. The van der Waals surface area contributed by atoms with Gasteiger partial charge in [-0.05, 0) is 31.9 Å². The molecule has 1 aliphatic heterocycles. The molecule has 30 heavy (non-hydrogen) atoms. The van der Waals surface area contributed by atoms with Gasteiger partial charge in [0.1, 0.15) is 5.60 Å². The molecule has 1 heterocycles. The maximum atomic E-state index is 12.8. The van der Waals surface area contributed by atoms with E-state index < -0.39 is 5.60 Å². The Morgan fingerprint density at radius 3 is 1.80 bits per heavy atom. The monoisotopic (exact) mass is 426 g/mol. The number of benzene rings is 2. The van der Waals surface area contributed by atoms with E-state index in [2.05, 4.69) is 24.3 Å². The molecule has 2 amide bonds. The highest BCUT2D eigenvalue weighted by Gasteiger charge is 2.28. The minimum atomic E-state index is -0.509. The summed E-state index contributed by atoms with van der Waals surface area (Å²) in [6.07, 6.45) is -0.308. The second-order valence-corrected chi connectivity index (χ2v) is 9.45. The Balaban J connectivity index is 1.56. The molecule has 0 unspecified atom stereocenters. The Labute approximate surface area is 183 Å². The van der Waals surface area contributed by atoms with Gasteiger partial charge in [0.15, 0.2) is 0 Å². The molecule has 0 N–H and O–H groups in total. The number of carbonyl (C=O) groups is 2. The average Bonchev–Trinajstić information content (AvgIpc) is 2.74. The van der Waals surface area contributed by atoms with E-state index in [0.717, 1.165) is 0 Å². The van der Waals surface area contributed by atoms with Crippen LogP contribution in [0.2, 0.25) is 0 Å². The fourth-order valence-electron chi connectivity index (χ4n) is 3.35. The Bertz CT molecular complexity index is 789. The molecular weight excluding hydrogens is 396 g/mol. The van der Waals surface area contributed by atoms with Crippen molar-refractivity contribution >= 4 is 23.8 Å². The summed E-state index contributed by atoms with van der Waals surface area (Å²) in [6, 6.07) is 20.6. The summed E-state index contributed by atoms with van der Waals surface area (Å²) < 4.78 is 5.43. The van der Waals surface area contributed by atoms with Crippen molar-refractivity contribution < 1.29 is 14.3 Å². The van der Waals surface area contributed by atoms with E-state index in [1.165, 1.54) is 11.1 Å². The number of nitrogens with zero attached hydrogens (tertiary/aromatic N) is 2. The smallest absolute Gasteiger partial charge is 0.410 e. The van der Waals surface area contributed by atoms with Gasteiger partial charge in [0.25, 0.3) is 0 Å². The minimum Gasteiger partial charge on any atom is -0.444 e. The molecule has 0 aromatic heterocycles. The molecule has 0 atom stereocenters. The number of thioether (sulfide) groups is 1. The molecule has 1 fully saturated rings. The normalized spacial score (nSPS) is 14.7. The van der Waals surface area contributed by atoms with Gasteiger partial charge in [-0.1, -0.05) is 60.7 Å². The second-order valence-electron chi connectivity index (χ2n) is 8.36. The first-order chi connectivity index (χ1) is 14.3. The summed E-state index contributed by atoms with van der Waals surface area (Å²) in [5.74, 6) is 0.515. The van der Waals surface area contributed by atoms with Crippen molar-refractivity contribution in [1.29, 1.82) is 0 Å². The van der Waals surface area contributed by atoms with E-state index in [1.807, 2.05) is 62.1 Å². The summed E-state index contributed by atoms with van der Waals surface area (Å²) in [5.41, 5.74) is 1.87. The summed E-state index contributed by atoms with van der Waals surface area (Å²) in [7, 11) is 0. The topological polar surface area (TPSA) is 49.9 Å². The molecule has 0 bridgehead atoms. The quantitative estimate of drug-likeness (QED) is 0.702. The van der Waals surface area contributed by atoms with Crippen LogP contribution >= 0.6 is 11.8 Å². The third-order valence-corrected chi connectivity index (χ3v) is 6.15. The highest BCUT2D eigenvalue weighted by atomic mass is 32.2. The number of ether oxygens (including phenoxy) is 1. The van der Waals surface area contributed by atoms with Gasteiger partial charge in [-0.3, -0.25) is 4.79 Å². The number of hydrogen-bond acceptors (Lipinski definition) is 4. The van der Waals surface area contributed by atoms with Gasteiger partial charge in [0.2, 0.25) is 5.91 Å². The van der Waals surface area contributed by atoms with Crippen molar-refractivity contribution in [3.8, 4) is 0 Å². The van der Waals surface area contributed by atoms with E-state index in [0.29, 0.717) is 31.9 Å². The molecule has 0 aliphatic carbocycles. The van der Waals surface area contributed by atoms with Crippen molar-refractivity contribution in [2.24, 2.45) is 0 Å². The van der Waals surface area contributed by atoms with E-state index in [9.17, 15) is 9.59 Å². The number of amides is 2. The predicted molar refractivity (Wildman–Crippen MR) is 122 cm³/mol. The molecule has 1 saturated heterocycles.